The van der Waals surface area contributed by atoms with E-state index in [1.165, 1.54) is 0 Å². The summed E-state index contributed by atoms with van der Waals surface area (Å²) in [4.78, 5) is 18.4. The summed E-state index contributed by atoms with van der Waals surface area (Å²) in [5, 5.41) is 10.6. The summed E-state index contributed by atoms with van der Waals surface area (Å²) in [5.74, 6) is 0.629. The largest absolute Gasteiger partial charge is 0.508 e. The Morgan fingerprint density at radius 3 is 2.62 bits per heavy atom. The van der Waals surface area contributed by atoms with Crippen molar-refractivity contribution in [2.45, 2.75) is 45.1 Å². The van der Waals surface area contributed by atoms with Crippen LogP contribution in [0.3, 0.4) is 0 Å². The van der Waals surface area contributed by atoms with Gasteiger partial charge in [-0.05, 0) is 69.4 Å². The fraction of sp³-hybridized carbons (Fsp3) is 0.474. The molecule has 1 aliphatic rings. The van der Waals surface area contributed by atoms with Crippen LogP contribution >= 0.6 is 0 Å². The first kappa shape index (κ1) is 16.6. The van der Waals surface area contributed by atoms with Crippen molar-refractivity contribution >= 4 is 17.0 Å². The SMILES string of the molecule is CC(C)(C)OC(=O)N1CCC(c2cnc3ccc(O)cc3c2)CC1. The molecule has 3 rings (SSSR count). The number of pyridine rings is 1. The van der Waals surface area contributed by atoms with Crippen molar-refractivity contribution in [2.75, 3.05) is 13.1 Å². The summed E-state index contributed by atoms with van der Waals surface area (Å²) in [6.07, 6.45) is 3.46. The minimum atomic E-state index is -0.460. The standard InChI is InChI=1S/C19H24N2O3/c1-19(2,3)24-18(23)21-8-6-13(7-9-21)15-10-14-11-16(22)4-5-17(14)20-12-15/h4-5,10-13,22H,6-9H2,1-3H3. The lowest BCUT2D eigenvalue weighted by atomic mass is 9.90. The molecule has 1 aliphatic heterocycles. The molecule has 1 aromatic heterocycles. The van der Waals surface area contributed by atoms with Gasteiger partial charge in [0.05, 0.1) is 5.52 Å². The van der Waals surface area contributed by atoms with Crippen molar-refractivity contribution in [1.82, 2.24) is 9.88 Å². The molecule has 0 unspecified atom stereocenters. The molecule has 0 radical (unpaired) electrons. The number of hydrogen-bond acceptors (Lipinski definition) is 4. The first-order valence-electron chi connectivity index (χ1n) is 8.38. The molecule has 24 heavy (non-hydrogen) atoms. The number of nitrogens with zero attached hydrogens (tertiary/aromatic N) is 2. The molecular weight excluding hydrogens is 304 g/mol. The normalized spacial score (nSPS) is 16.4. The van der Waals surface area contributed by atoms with Crippen LogP contribution in [-0.2, 0) is 4.74 Å². The third-order valence-electron chi connectivity index (χ3n) is 4.30. The molecule has 5 heteroatoms. The highest BCUT2D eigenvalue weighted by atomic mass is 16.6. The maximum atomic E-state index is 12.1. The van der Waals surface area contributed by atoms with E-state index in [2.05, 4.69) is 11.1 Å². The quantitative estimate of drug-likeness (QED) is 0.857. The number of rotatable bonds is 1. The Balaban J connectivity index is 1.67. The van der Waals surface area contributed by atoms with Crippen molar-refractivity contribution in [2.24, 2.45) is 0 Å². The summed E-state index contributed by atoms with van der Waals surface area (Å²) in [5.41, 5.74) is 1.58. The summed E-state index contributed by atoms with van der Waals surface area (Å²) in [6, 6.07) is 7.30. The van der Waals surface area contributed by atoms with E-state index in [0.717, 1.165) is 29.3 Å². The molecule has 1 N–H and O–H groups in total. The molecule has 1 aromatic carbocycles. The van der Waals surface area contributed by atoms with Gasteiger partial charge in [0.1, 0.15) is 11.4 Å². The Kier molecular flexibility index (Phi) is 4.35. The van der Waals surface area contributed by atoms with Gasteiger partial charge < -0.3 is 14.7 Å². The first-order valence-corrected chi connectivity index (χ1v) is 8.38. The van der Waals surface area contributed by atoms with E-state index in [9.17, 15) is 9.90 Å². The van der Waals surface area contributed by atoms with Gasteiger partial charge in [0.15, 0.2) is 0 Å². The second-order valence-corrected chi connectivity index (χ2v) is 7.39. The van der Waals surface area contributed by atoms with E-state index in [1.54, 1.807) is 17.0 Å². The third-order valence-corrected chi connectivity index (χ3v) is 4.30. The second-order valence-electron chi connectivity index (χ2n) is 7.39. The minimum Gasteiger partial charge on any atom is -0.508 e. The number of likely N-dealkylation sites (tertiary alicyclic amines) is 1. The molecule has 0 spiro atoms. The molecule has 1 amide bonds. The minimum absolute atomic E-state index is 0.234. The van der Waals surface area contributed by atoms with Gasteiger partial charge in [0.25, 0.3) is 0 Å². The van der Waals surface area contributed by atoms with Crippen molar-refractivity contribution in [1.29, 1.82) is 0 Å². The Morgan fingerprint density at radius 1 is 1.25 bits per heavy atom. The van der Waals surface area contributed by atoms with Gasteiger partial charge in [-0.2, -0.15) is 0 Å². The molecule has 5 nitrogen and oxygen atoms in total. The summed E-state index contributed by atoms with van der Waals surface area (Å²) in [7, 11) is 0. The van der Waals surface area contributed by atoms with Gasteiger partial charge in [-0.1, -0.05) is 0 Å². The number of amides is 1. The van der Waals surface area contributed by atoms with Crippen LogP contribution in [0.4, 0.5) is 4.79 Å². The van der Waals surface area contributed by atoms with Crippen LogP contribution in [0.2, 0.25) is 0 Å². The Hall–Kier alpha value is -2.30. The number of fused-ring (bicyclic) bond motifs is 1. The number of carbonyl (C=O) groups excluding carboxylic acids is 1. The average Bonchev–Trinajstić information content (AvgIpc) is 2.52. The van der Waals surface area contributed by atoms with Gasteiger partial charge in [0.2, 0.25) is 0 Å². The Morgan fingerprint density at radius 2 is 1.96 bits per heavy atom. The fourth-order valence-corrected chi connectivity index (χ4v) is 3.08. The molecule has 0 bridgehead atoms. The first-order chi connectivity index (χ1) is 11.3. The van der Waals surface area contributed by atoms with Gasteiger partial charge in [0, 0.05) is 24.7 Å². The van der Waals surface area contributed by atoms with Crippen LogP contribution in [0.5, 0.6) is 5.75 Å². The highest BCUT2D eigenvalue weighted by molar-refractivity contribution is 5.80. The van der Waals surface area contributed by atoms with Crippen LogP contribution in [0.1, 0.15) is 45.1 Å². The van der Waals surface area contributed by atoms with Gasteiger partial charge in [-0.3, -0.25) is 4.98 Å². The molecule has 0 aliphatic carbocycles. The van der Waals surface area contributed by atoms with E-state index in [1.807, 2.05) is 33.0 Å². The fourth-order valence-electron chi connectivity index (χ4n) is 3.08. The predicted molar refractivity (Wildman–Crippen MR) is 93.2 cm³/mol. The molecule has 0 atom stereocenters. The number of carbonyl (C=O) groups is 1. The van der Waals surface area contributed by atoms with Crippen molar-refractivity contribution in [3.8, 4) is 5.75 Å². The lowest BCUT2D eigenvalue weighted by Crippen LogP contribution is -2.41. The second kappa shape index (κ2) is 6.30. The van der Waals surface area contributed by atoms with E-state index < -0.39 is 5.60 Å². The van der Waals surface area contributed by atoms with E-state index in [4.69, 9.17) is 4.74 Å². The maximum absolute atomic E-state index is 12.1. The molecular formula is C19H24N2O3. The van der Waals surface area contributed by atoms with Crippen molar-refractivity contribution in [3.05, 3.63) is 36.0 Å². The van der Waals surface area contributed by atoms with Crippen LogP contribution in [0.15, 0.2) is 30.5 Å². The van der Waals surface area contributed by atoms with Crippen LogP contribution in [-0.4, -0.2) is 39.8 Å². The average molecular weight is 328 g/mol. The van der Waals surface area contributed by atoms with Crippen LogP contribution < -0.4 is 0 Å². The van der Waals surface area contributed by atoms with Gasteiger partial charge in [-0.25, -0.2) is 4.79 Å². The highest BCUT2D eigenvalue weighted by Gasteiger charge is 2.27. The number of hydrogen-bond donors (Lipinski definition) is 1. The van der Waals surface area contributed by atoms with Gasteiger partial charge >= 0.3 is 6.09 Å². The molecule has 128 valence electrons. The van der Waals surface area contributed by atoms with Crippen LogP contribution in [0.25, 0.3) is 10.9 Å². The van der Waals surface area contributed by atoms with E-state index in [0.29, 0.717) is 19.0 Å². The number of benzene rings is 1. The zero-order valence-electron chi connectivity index (χ0n) is 14.5. The topological polar surface area (TPSA) is 62.7 Å². The molecule has 1 saturated heterocycles. The smallest absolute Gasteiger partial charge is 0.410 e. The highest BCUT2D eigenvalue weighted by Crippen LogP contribution is 2.30. The summed E-state index contributed by atoms with van der Waals surface area (Å²) in [6.45, 7) is 7.03. The predicted octanol–water partition coefficient (Wildman–Crippen LogP) is 4.05. The Bertz CT molecular complexity index is 744. The summed E-state index contributed by atoms with van der Waals surface area (Å²) >= 11 is 0. The summed E-state index contributed by atoms with van der Waals surface area (Å²) < 4.78 is 5.44. The van der Waals surface area contributed by atoms with Crippen molar-refractivity contribution in [3.63, 3.8) is 0 Å². The number of phenolic OH excluding ortho intramolecular Hbond substituents is 1. The van der Waals surface area contributed by atoms with E-state index in [-0.39, 0.29) is 11.8 Å². The maximum Gasteiger partial charge on any atom is 0.410 e. The number of phenols is 1. The third kappa shape index (κ3) is 3.78. The number of aromatic hydroxyl groups is 1. The number of aromatic nitrogens is 1. The van der Waals surface area contributed by atoms with Gasteiger partial charge in [-0.15, -0.1) is 0 Å². The lowest BCUT2D eigenvalue weighted by Gasteiger charge is -2.33. The van der Waals surface area contributed by atoms with Crippen LogP contribution in [0, 0.1) is 0 Å². The van der Waals surface area contributed by atoms with E-state index >= 15 is 0 Å². The monoisotopic (exact) mass is 328 g/mol. The molecule has 2 heterocycles. The lowest BCUT2D eigenvalue weighted by molar-refractivity contribution is 0.0205. The molecule has 2 aromatic rings. The zero-order valence-corrected chi connectivity index (χ0v) is 14.5. The zero-order chi connectivity index (χ0) is 17.3. The number of piperidine rings is 1. The number of ether oxygens (including phenoxy) is 1. The molecule has 1 fully saturated rings. The Labute approximate surface area is 142 Å². The van der Waals surface area contributed by atoms with Crippen molar-refractivity contribution < 1.29 is 14.6 Å². The molecule has 0 saturated carbocycles.